The summed E-state index contributed by atoms with van der Waals surface area (Å²) in [4.78, 5) is 3.08. The molecule has 1 unspecified atom stereocenters. The zero-order valence-corrected chi connectivity index (χ0v) is 9.86. The lowest BCUT2D eigenvalue weighted by atomic mass is 10.1. The summed E-state index contributed by atoms with van der Waals surface area (Å²) in [5.41, 5.74) is 7.11. The van der Waals surface area contributed by atoms with Crippen LogP contribution in [-0.4, -0.2) is 30.9 Å². The van der Waals surface area contributed by atoms with Gasteiger partial charge in [-0.2, -0.15) is 0 Å². The van der Waals surface area contributed by atoms with E-state index >= 15 is 0 Å². The number of fused-ring (bicyclic) bond motifs is 1. The van der Waals surface area contributed by atoms with Crippen molar-refractivity contribution in [1.29, 1.82) is 0 Å². The van der Waals surface area contributed by atoms with Gasteiger partial charge < -0.3 is 25.3 Å². The monoisotopic (exact) mass is 236 g/mol. The van der Waals surface area contributed by atoms with E-state index < -0.39 is 6.10 Å². The molecule has 4 N–H and O–H groups in total. The molecule has 5 heteroatoms. The Bertz CT molecular complexity index is 522. The van der Waals surface area contributed by atoms with Crippen LogP contribution in [0.25, 0.3) is 10.9 Å². The van der Waals surface area contributed by atoms with Gasteiger partial charge in [0, 0.05) is 35.3 Å². The molecule has 0 radical (unpaired) electrons. The quantitative estimate of drug-likeness (QED) is 0.744. The Morgan fingerprint density at radius 1 is 1.29 bits per heavy atom. The second-order valence-corrected chi connectivity index (χ2v) is 3.75. The number of nitrogens with one attached hydrogen (secondary N) is 1. The van der Waals surface area contributed by atoms with Gasteiger partial charge in [0.15, 0.2) is 11.5 Å². The highest BCUT2D eigenvalue weighted by atomic mass is 16.5. The van der Waals surface area contributed by atoms with Crippen LogP contribution in [0.5, 0.6) is 11.5 Å². The minimum Gasteiger partial charge on any atom is -0.493 e. The first kappa shape index (κ1) is 11.8. The van der Waals surface area contributed by atoms with Crippen molar-refractivity contribution in [1.82, 2.24) is 4.98 Å². The lowest BCUT2D eigenvalue weighted by molar-refractivity contribution is 0.188. The summed E-state index contributed by atoms with van der Waals surface area (Å²) in [5, 5.41) is 10.7. The van der Waals surface area contributed by atoms with Crippen molar-refractivity contribution in [2.24, 2.45) is 5.73 Å². The molecule has 0 spiro atoms. The fraction of sp³-hybridized carbons (Fsp3) is 0.333. The van der Waals surface area contributed by atoms with Crippen LogP contribution >= 0.6 is 0 Å². The van der Waals surface area contributed by atoms with Gasteiger partial charge in [-0.25, -0.2) is 0 Å². The van der Waals surface area contributed by atoms with Crippen molar-refractivity contribution in [3.63, 3.8) is 0 Å². The summed E-state index contributed by atoms with van der Waals surface area (Å²) in [7, 11) is 3.16. The molecule has 0 aliphatic rings. The molecule has 1 heterocycles. The lowest BCUT2D eigenvalue weighted by Gasteiger charge is -2.09. The highest BCUT2D eigenvalue weighted by Crippen LogP contribution is 2.34. The average Bonchev–Trinajstić information content (AvgIpc) is 2.78. The molecule has 1 atom stereocenters. The van der Waals surface area contributed by atoms with Gasteiger partial charge in [0.05, 0.1) is 20.3 Å². The molecule has 0 bridgehead atoms. The smallest absolute Gasteiger partial charge is 0.162 e. The van der Waals surface area contributed by atoms with Crippen molar-refractivity contribution >= 4 is 10.9 Å². The largest absolute Gasteiger partial charge is 0.493 e. The number of aliphatic hydroxyl groups is 1. The zero-order chi connectivity index (χ0) is 12.4. The van der Waals surface area contributed by atoms with Crippen LogP contribution in [0.4, 0.5) is 0 Å². The number of aliphatic hydroxyl groups excluding tert-OH is 1. The normalized spacial score (nSPS) is 12.7. The molecule has 5 nitrogen and oxygen atoms in total. The highest BCUT2D eigenvalue weighted by molar-refractivity contribution is 5.87. The standard InChI is InChI=1S/C12H16N2O3/c1-16-11-3-7-8(10(15)5-13)6-14-9(7)4-12(11)17-2/h3-4,6,10,14-15H,5,13H2,1-2H3. The maximum absolute atomic E-state index is 9.79. The van der Waals surface area contributed by atoms with Gasteiger partial charge in [0.1, 0.15) is 0 Å². The minimum absolute atomic E-state index is 0.182. The van der Waals surface area contributed by atoms with Crippen molar-refractivity contribution in [3.05, 3.63) is 23.9 Å². The molecular weight excluding hydrogens is 220 g/mol. The Kier molecular flexibility index (Phi) is 3.21. The Morgan fingerprint density at radius 3 is 2.53 bits per heavy atom. The predicted octanol–water partition coefficient (Wildman–Crippen LogP) is 1.18. The van der Waals surface area contributed by atoms with Gasteiger partial charge in [0.2, 0.25) is 0 Å². The van der Waals surface area contributed by atoms with Crippen LogP contribution in [0.1, 0.15) is 11.7 Å². The first-order valence-corrected chi connectivity index (χ1v) is 5.32. The Morgan fingerprint density at radius 2 is 1.94 bits per heavy atom. The molecule has 0 amide bonds. The van der Waals surface area contributed by atoms with Crippen LogP contribution in [-0.2, 0) is 0 Å². The third-order valence-corrected chi connectivity index (χ3v) is 2.80. The second kappa shape index (κ2) is 4.65. The summed E-state index contributed by atoms with van der Waals surface area (Å²) in [6.45, 7) is 0.182. The van der Waals surface area contributed by atoms with E-state index in [4.69, 9.17) is 15.2 Å². The predicted molar refractivity (Wildman–Crippen MR) is 65.4 cm³/mol. The van der Waals surface area contributed by atoms with E-state index in [1.165, 1.54) is 0 Å². The maximum Gasteiger partial charge on any atom is 0.162 e. The van der Waals surface area contributed by atoms with Gasteiger partial charge >= 0.3 is 0 Å². The number of rotatable bonds is 4. The Hall–Kier alpha value is -1.72. The van der Waals surface area contributed by atoms with E-state index in [-0.39, 0.29) is 6.54 Å². The molecule has 0 aliphatic heterocycles. The summed E-state index contributed by atoms with van der Waals surface area (Å²) in [6.07, 6.45) is 1.07. The van der Waals surface area contributed by atoms with Gasteiger partial charge in [-0.3, -0.25) is 0 Å². The molecule has 0 saturated carbocycles. The van der Waals surface area contributed by atoms with Gasteiger partial charge in [0.25, 0.3) is 0 Å². The average molecular weight is 236 g/mol. The molecule has 0 fully saturated rings. The van der Waals surface area contributed by atoms with Crippen molar-refractivity contribution in [3.8, 4) is 11.5 Å². The topological polar surface area (TPSA) is 80.5 Å². The molecule has 1 aromatic carbocycles. The number of methoxy groups -OCH3 is 2. The molecular formula is C12H16N2O3. The summed E-state index contributed by atoms with van der Waals surface area (Å²) >= 11 is 0. The van der Waals surface area contributed by atoms with E-state index in [1.807, 2.05) is 12.1 Å². The molecule has 92 valence electrons. The zero-order valence-electron chi connectivity index (χ0n) is 9.86. The van der Waals surface area contributed by atoms with Crippen molar-refractivity contribution in [2.45, 2.75) is 6.10 Å². The number of nitrogens with two attached hydrogens (primary N) is 1. The number of hydrogen-bond acceptors (Lipinski definition) is 4. The summed E-state index contributed by atoms with van der Waals surface area (Å²) in [6, 6.07) is 3.67. The molecule has 2 rings (SSSR count). The Labute approximate surface area is 99.1 Å². The van der Waals surface area contributed by atoms with E-state index in [1.54, 1.807) is 20.4 Å². The van der Waals surface area contributed by atoms with E-state index in [0.717, 1.165) is 16.5 Å². The lowest BCUT2D eigenvalue weighted by Crippen LogP contribution is -2.10. The van der Waals surface area contributed by atoms with E-state index in [9.17, 15) is 5.11 Å². The van der Waals surface area contributed by atoms with Gasteiger partial charge in [-0.1, -0.05) is 0 Å². The van der Waals surface area contributed by atoms with E-state index in [2.05, 4.69) is 4.98 Å². The molecule has 0 aliphatic carbocycles. The first-order valence-electron chi connectivity index (χ1n) is 5.32. The van der Waals surface area contributed by atoms with E-state index in [0.29, 0.717) is 11.5 Å². The van der Waals surface area contributed by atoms with Crippen LogP contribution in [0, 0.1) is 0 Å². The number of ether oxygens (including phenoxy) is 2. The molecule has 17 heavy (non-hydrogen) atoms. The van der Waals surface area contributed by atoms with Gasteiger partial charge in [-0.05, 0) is 6.07 Å². The second-order valence-electron chi connectivity index (χ2n) is 3.75. The maximum atomic E-state index is 9.79. The minimum atomic E-state index is -0.679. The van der Waals surface area contributed by atoms with Crippen LogP contribution in [0.15, 0.2) is 18.3 Å². The number of aromatic amines is 1. The molecule has 1 aromatic heterocycles. The highest BCUT2D eigenvalue weighted by Gasteiger charge is 2.14. The molecule has 0 saturated heterocycles. The van der Waals surface area contributed by atoms with Crippen LogP contribution in [0.3, 0.4) is 0 Å². The Balaban J connectivity index is 2.60. The summed E-state index contributed by atoms with van der Waals surface area (Å²) in [5.74, 6) is 1.28. The van der Waals surface area contributed by atoms with Crippen molar-refractivity contribution in [2.75, 3.05) is 20.8 Å². The fourth-order valence-corrected chi connectivity index (χ4v) is 1.87. The SMILES string of the molecule is COc1cc2[nH]cc(C(O)CN)c2cc1OC. The first-order chi connectivity index (χ1) is 8.21. The number of benzene rings is 1. The molecule has 2 aromatic rings. The third kappa shape index (κ3) is 1.94. The fourth-order valence-electron chi connectivity index (χ4n) is 1.87. The van der Waals surface area contributed by atoms with Crippen molar-refractivity contribution < 1.29 is 14.6 Å². The number of hydrogen-bond donors (Lipinski definition) is 3. The summed E-state index contributed by atoms with van der Waals surface area (Å²) < 4.78 is 10.4. The third-order valence-electron chi connectivity index (χ3n) is 2.80. The van der Waals surface area contributed by atoms with Crippen LogP contribution in [0.2, 0.25) is 0 Å². The number of aromatic nitrogens is 1. The van der Waals surface area contributed by atoms with Gasteiger partial charge in [-0.15, -0.1) is 0 Å². The van der Waals surface area contributed by atoms with Crippen LogP contribution < -0.4 is 15.2 Å². The number of H-pyrrole nitrogens is 1.